The van der Waals surface area contributed by atoms with Crippen LogP contribution in [0.15, 0.2) is 0 Å². The molecular formula is C9H13N. The van der Waals surface area contributed by atoms with Crippen LogP contribution in [0.3, 0.4) is 0 Å². The van der Waals surface area contributed by atoms with E-state index in [2.05, 4.69) is 11.2 Å². The lowest BCUT2D eigenvalue weighted by Crippen LogP contribution is -2.35. The van der Waals surface area contributed by atoms with Crippen molar-refractivity contribution in [3.8, 4) is 12.3 Å². The lowest BCUT2D eigenvalue weighted by molar-refractivity contribution is 0.395. The molecule has 0 aromatic rings. The highest BCUT2D eigenvalue weighted by Gasteiger charge is 2.43. The molecule has 0 aromatic heterocycles. The summed E-state index contributed by atoms with van der Waals surface area (Å²) < 4.78 is 0. The van der Waals surface area contributed by atoms with Crippen molar-refractivity contribution in [2.75, 3.05) is 0 Å². The molecule has 2 rings (SSSR count). The summed E-state index contributed by atoms with van der Waals surface area (Å²) in [7, 11) is 0. The molecule has 0 amide bonds. The number of hydrogen-bond acceptors (Lipinski definition) is 1. The molecule has 0 saturated carbocycles. The fourth-order valence-electron chi connectivity index (χ4n) is 2.32. The molecule has 0 unspecified atom stereocenters. The minimum absolute atomic E-state index is 0.374. The SMILES string of the molecule is C#CCC12CCC(CC1)N2. The van der Waals surface area contributed by atoms with Crippen molar-refractivity contribution in [1.82, 2.24) is 5.32 Å². The van der Waals surface area contributed by atoms with Gasteiger partial charge in [-0.3, -0.25) is 0 Å². The van der Waals surface area contributed by atoms with Crippen LogP contribution in [0.5, 0.6) is 0 Å². The summed E-state index contributed by atoms with van der Waals surface area (Å²) in [4.78, 5) is 0. The molecule has 2 aliphatic rings. The molecule has 0 aromatic carbocycles. The van der Waals surface area contributed by atoms with E-state index in [1.165, 1.54) is 25.7 Å². The normalized spacial score (nSPS) is 43.7. The van der Waals surface area contributed by atoms with Crippen LogP contribution in [-0.2, 0) is 0 Å². The number of nitrogens with one attached hydrogen (secondary N) is 1. The van der Waals surface area contributed by atoms with Crippen LogP contribution in [0.4, 0.5) is 0 Å². The van der Waals surface area contributed by atoms with Crippen molar-refractivity contribution < 1.29 is 0 Å². The zero-order valence-electron chi connectivity index (χ0n) is 6.19. The first kappa shape index (κ1) is 6.24. The smallest absolute Gasteiger partial charge is 0.0294 e. The molecule has 0 aliphatic carbocycles. The molecular weight excluding hydrogens is 122 g/mol. The number of hydrogen-bond donors (Lipinski definition) is 1. The largest absolute Gasteiger partial charge is 0.308 e. The number of terminal acetylenes is 1. The molecule has 2 fully saturated rings. The van der Waals surface area contributed by atoms with Crippen molar-refractivity contribution in [2.24, 2.45) is 0 Å². The Morgan fingerprint density at radius 3 is 2.60 bits per heavy atom. The molecule has 1 heteroatoms. The van der Waals surface area contributed by atoms with Crippen molar-refractivity contribution in [2.45, 2.75) is 43.7 Å². The molecule has 10 heavy (non-hydrogen) atoms. The quantitative estimate of drug-likeness (QED) is 0.534. The second-order valence-corrected chi connectivity index (χ2v) is 3.58. The van der Waals surface area contributed by atoms with E-state index in [1.54, 1.807) is 0 Å². The molecule has 2 aliphatic heterocycles. The van der Waals surface area contributed by atoms with E-state index in [4.69, 9.17) is 6.42 Å². The zero-order chi connectivity index (χ0) is 7.03. The van der Waals surface area contributed by atoms with E-state index < -0.39 is 0 Å². The third kappa shape index (κ3) is 0.759. The molecule has 2 heterocycles. The monoisotopic (exact) mass is 135 g/mol. The third-order valence-corrected chi connectivity index (χ3v) is 2.89. The van der Waals surface area contributed by atoms with Gasteiger partial charge in [0.2, 0.25) is 0 Å². The Bertz CT molecular complexity index is 170. The number of fused-ring (bicyclic) bond motifs is 2. The Morgan fingerprint density at radius 1 is 1.50 bits per heavy atom. The van der Waals surface area contributed by atoms with Gasteiger partial charge in [0.05, 0.1) is 0 Å². The number of rotatable bonds is 1. The van der Waals surface area contributed by atoms with Crippen LogP contribution in [0.25, 0.3) is 0 Å². The summed E-state index contributed by atoms with van der Waals surface area (Å²) in [5, 5.41) is 3.60. The van der Waals surface area contributed by atoms with Gasteiger partial charge in [-0.1, -0.05) is 0 Å². The van der Waals surface area contributed by atoms with Gasteiger partial charge in [-0.2, -0.15) is 0 Å². The molecule has 0 atom stereocenters. The van der Waals surface area contributed by atoms with Crippen molar-refractivity contribution in [1.29, 1.82) is 0 Å². The van der Waals surface area contributed by atoms with Gasteiger partial charge < -0.3 is 5.32 Å². The Balaban J connectivity index is 2.10. The van der Waals surface area contributed by atoms with Crippen LogP contribution >= 0.6 is 0 Å². The molecule has 54 valence electrons. The fourth-order valence-corrected chi connectivity index (χ4v) is 2.32. The maximum absolute atomic E-state index is 5.30. The highest BCUT2D eigenvalue weighted by molar-refractivity contribution is 5.09. The van der Waals surface area contributed by atoms with E-state index in [0.717, 1.165) is 12.5 Å². The van der Waals surface area contributed by atoms with Crippen molar-refractivity contribution >= 4 is 0 Å². The van der Waals surface area contributed by atoms with Crippen LogP contribution in [-0.4, -0.2) is 11.6 Å². The predicted octanol–water partition coefficient (Wildman–Crippen LogP) is 1.29. The average Bonchev–Trinajstić information content (AvgIpc) is 2.46. The van der Waals surface area contributed by atoms with Crippen molar-refractivity contribution in [3.05, 3.63) is 0 Å². The molecule has 0 spiro atoms. The summed E-state index contributed by atoms with van der Waals surface area (Å²) >= 11 is 0. The summed E-state index contributed by atoms with van der Waals surface area (Å²) in [6.07, 6.45) is 11.5. The Hall–Kier alpha value is -0.480. The fraction of sp³-hybridized carbons (Fsp3) is 0.778. The second kappa shape index (κ2) is 2.00. The van der Waals surface area contributed by atoms with Crippen LogP contribution in [0, 0.1) is 12.3 Å². The van der Waals surface area contributed by atoms with Gasteiger partial charge >= 0.3 is 0 Å². The molecule has 2 bridgehead atoms. The molecule has 2 saturated heterocycles. The minimum atomic E-state index is 0.374. The topological polar surface area (TPSA) is 12.0 Å². The van der Waals surface area contributed by atoms with E-state index >= 15 is 0 Å². The summed E-state index contributed by atoms with van der Waals surface area (Å²) in [5.41, 5.74) is 0.374. The Labute approximate surface area is 62.2 Å². The lowest BCUT2D eigenvalue weighted by atomic mass is 9.86. The first-order valence-electron chi connectivity index (χ1n) is 4.06. The van der Waals surface area contributed by atoms with E-state index in [9.17, 15) is 0 Å². The summed E-state index contributed by atoms with van der Waals surface area (Å²) in [5.74, 6) is 2.77. The van der Waals surface area contributed by atoms with E-state index in [-0.39, 0.29) is 0 Å². The first-order valence-corrected chi connectivity index (χ1v) is 4.06. The predicted molar refractivity (Wildman–Crippen MR) is 41.6 cm³/mol. The Kier molecular flexibility index (Phi) is 1.25. The zero-order valence-corrected chi connectivity index (χ0v) is 6.19. The van der Waals surface area contributed by atoms with Crippen LogP contribution in [0.1, 0.15) is 32.1 Å². The van der Waals surface area contributed by atoms with Crippen molar-refractivity contribution in [3.63, 3.8) is 0 Å². The average molecular weight is 135 g/mol. The van der Waals surface area contributed by atoms with Crippen LogP contribution in [0.2, 0.25) is 0 Å². The Morgan fingerprint density at radius 2 is 2.20 bits per heavy atom. The van der Waals surface area contributed by atoms with Gasteiger partial charge in [0.1, 0.15) is 0 Å². The van der Waals surface area contributed by atoms with E-state index in [0.29, 0.717) is 5.54 Å². The minimum Gasteiger partial charge on any atom is -0.308 e. The summed E-state index contributed by atoms with van der Waals surface area (Å²) in [6, 6.07) is 0.799. The highest BCUT2D eigenvalue weighted by atomic mass is 15.1. The first-order chi connectivity index (χ1) is 4.85. The standard InChI is InChI=1S/C9H13N/c1-2-5-9-6-3-8(10-9)4-7-9/h1,8,10H,3-7H2. The van der Waals surface area contributed by atoms with Gasteiger partial charge in [-0.15, -0.1) is 12.3 Å². The molecule has 0 radical (unpaired) electrons. The van der Waals surface area contributed by atoms with Gasteiger partial charge in [-0.25, -0.2) is 0 Å². The second-order valence-electron chi connectivity index (χ2n) is 3.58. The highest BCUT2D eigenvalue weighted by Crippen LogP contribution is 2.39. The molecule has 1 nitrogen and oxygen atoms in total. The van der Waals surface area contributed by atoms with Crippen LogP contribution < -0.4 is 5.32 Å². The molecule has 1 N–H and O–H groups in total. The van der Waals surface area contributed by atoms with Gasteiger partial charge in [-0.05, 0) is 25.7 Å². The lowest BCUT2D eigenvalue weighted by Gasteiger charge is -2.22. The maximum atomic E-state index is 5.30. The summed E-state index contributed by atoms with van der Waals surface area (Å²) in [6.45, 7) is 0. The third-order valence-electron chi connectivity index (χ3n) is 2.89. The van der Waals surface area contributed by atoms with Gasteiger partial charge in [0.25, 0.3) is 0 Å². The van der Waals surface area contributed by atoms with Gasteiger partial charge in [0, 0.05) is 18.0 Å². The van der Waals surface area contributed by atoms with Gasteiger partial charge in [0.15, 0.2) is 0 Å². The maximum Gasteiger partial charge on any atom is 0.0294 e. The van der Waals surface area contributed by atoms with E-state index in [1.807, 2.05) is 0 Å².